The minimum Gasteiger partial charge on any atom is -0.325 e. The van der Waals surface area contributed by atoms with Crippen LogP contribution in [-0.4, -0.2) is 10.8 Å². The number of nitro groups is 1. The van der Waals surface area contributed by atoms with Gasteiger partial charge in [-0.1, -0.05) is 0 Å². The first-order valence-electron chi connectivity index (χ1n) is 4.95. The van der Waals surface area contributed by atoms with Crippen molar-refractivity contribution in [1.29, 1.82) is 0 Å². The zero-order chi connectivity index (χ0) is 12.1. The van der Waals surface area contributed by atoms with Crippen molar-refractivity contribution in [2.75, 3.05) is 5.32 Å². The largest absolute Gasteiger partial charge is 0.325 e. The molecule has 0 atom stereocenters. The normalized spacial score (nSPS) is 16.8. The van der Waals surface area contributed by atoms with Crippen LogP contribution in [0.1, 0.15) is 25.0 Å². The highest BCUT2D eigenvalue weighted by Crippen LogP contribution is 2.41. The van der Waals surface area contributed by atoms with Gasteiger partial charge < -0.3 is 5.32 Å². The van der Waals surface area contributed by atoms with E-state index in [0.717, 1.165) is 11.1 Å². The molecule has 0 saturated carbocycles. The summed E-state index contributed by atoms with van der Waals surface area (Å²) in [6.07, 6.45) is 0. The molecule has 5 heteroatoms. The SMILES string of the molecule is Cc1cc([N+](=O)[O-])cc2c1C(C)(C)C(=O)N2. The quantitative estimate of drug-likeness (QED) is 0.582. The molecule has 1 heterocycles. The smallest absolute Gasteiger partial charge is 0.271 e. The molecule has 1 amide bonds. The summed E-state index contributed by atoms with van der Waals surface area (Å²) >= 11 is 0. The van der Waals surface area contributed by atoms with Gasteiger partial charge in [-0.15, -0.1) is 0 Å². The van der Waals surface area contributed by atoms with E-state index >= 15 is 0 Å². The summed E-state index contributed by atoms with van der Waals surface area (Å²) in [6, 6.07) is 2.91. The Morgan fingerprint density at radius 1 is 1.38 bits per heavy atom. The van der Waals surface area contributed by atoms with Gasteiger partial charge in [0, 0.05) is 12.1 Å². The predicted molar refractivity (Wildman–Crippen MR) is 59.5 cm³/mol. The Labute approximate surface area is 92.6 Å². The van der Waals surface area contributed by atoms with Gasteiger partial charge in [-0.2, -0.15) is 0 Å². The molecule has 1 aliphatic heterocycles. The third-order valence-corrected chi connectivity index (χ3v) is 2.97. The summed E-state index contributed by atoms with van der Waals surface area (Å²) in [6.45, 7) is 5.41. The maximum absolute atomic E-state index is 11.7. The number of rotatable bonds is 1. The van der Waals surface area contributed by atoms with E-state index in [2.05, 4.69) is 5.32 Å². The van der Waals surface area contributed by atoms with Gasteiger partial charge in [-0.3, -0.25) is 14.9 Å². The van der Waals surface area contributed by atoms with Crippen molar-refractivity contribution in [2.24, 2.45) is 0 Å². The lowest BCUT2D eigenvalue weighted by Gasteiger charge is -2.17. The minimum atomic E-state index is -0.617. The van der Waals surface area contributed by atoms with E-state index < -0.39 is 10.3 Å². The lowest BCUT2D eigenvalue weighted by Crippen LogP contribution is -2.27. The van der Waals surface area contributed by atoms with Crippen LogP contribution in [0.4, 0.5) is 11.4 Å². The van der Waals surface area contributed by atoms with Crippen LogP contribution >= 0.6 is 0 Å². The molecule has 0 fully saturated rings. The molecule has 1 aromatic carbocycles. The molecule has 16 heavy (non-hydrogen) atoms. The van der Waals surface area contributed by atoms with E-state index in [0.29, 0.717) is 5.69 Å². The summed E-state index contributed by atoms with van der Waals surface area (Å²) in [4.78, 5) is 21.9. The molecule has 0 unspecified atom stereocenters. The van der Waals surface area contributed by atoms with E-state index in [4.69, 9.17) is 0 Å². The Balaban J connectivity index is 2.67. The molecule has 2 rings (SSSR count). The van der Waals surface area contributed by atoms with Crippen LogP contribution in [0, 0.1) is 17.0 Å². The summed E-state index contributed by atoms with van der Waals surface area (Å²) < 4.78 is 0. The van der Waals surface area contributed by atoms with E-state index in [1.54, 1.807) is 6.92 Å². The number of nitrogens with zero attached hydrogens (tertiary/aromatic N) is 1. The van der Waals surface area contributed by atoms with Crippen LogP contribution in [0.3, 0.4) is 0 Å². The number of carbonyl (C=O) groups excluding carboxylic acids is 1. The summed E-state index contributed by atoms with van der Waals surface area (Å²) in [5, 5.41) is 13.4. The number of non-ortho nitro benzene ring substituents is 1. The Bertz CT molecular complexity index is 506. The maximum Gasteiger partial charge on any atom is 0.271 e. The zero-order valence-corrected chi connectivity index (χ0v) is 9.33. The molecule has 0 saturated heterocycles. The molecular weight excluding hydrogens is 208 g/mol. The highest BCUT2D eigenvalue weighted by atomic mass is 16.6. The number of hydrogen-bond donors (Lipinski definition) is 1. The fourth-order valence-electron chi connectivity index (χ4n) is 2.19. The minimum absolute atomic E-state index is 0.00856. The highest BCUT2D eigenvalue weighted by molar-refractivity contribution is 6.06. The summed E-state index contributed by atoms with van der Waals surface area (Å²) in [5.74, 6) is -0.119. The molecule has 0 aliphatic carbocycles. The Morgan fingerprint density at radius 2 is 2.00 bits per heavy atom. The number of aryl methyl sites for hydroxylation is 1. The molecule has 5 nitrogen and oxygen atoms in total. The number of fused-ring (bicyclic) bond motifs is 1. The average molecular weight is 220 g/mol. The first kappa shape index (κ1) is 10.6. The molecule has 0 aromatic heterocycles. The second-order valence-electron chi connectivity index (χ2n) is 4.52. The molecule has 0 spiro atoms. The fourth-order valence-corrected chi connectivity index (χ4v) is 2.19. The number of hydrogen-bond acceptors (Lipinski definition) is 3. The van der Waals surface area contributed by atoms with E-state index in [9.17, 15) is 14.9 Å². The topological polar surface area (TPSA) is 72.2 Å². The Kier molecular flexibility index (Phi) is 2.01. The van der Waals surface area contributed by atoms with Crippen LogP contribution in [0.25, 0.3) is 0 Å². The van der Waals surface area contributed by atoms with Gasteiger partial charge in [-0.25, -0.2) is 0 Å². The number of nitrogens with one attached hydrogen (secondary N) is 1. The highest BCUT2D eigenvalue weighted by Gasteiger charge is 2.40. The molecule has 0 radical (unpaired) electrons. The number of anilines is 1. The second-order valence-corrected chi connectivity index (χ2v) is 4.52. The second kappa shape index (κ2) is 3.04. The van der Waals surface area contributed by atoms with Gasteiger partial charge in [-0.05, 0) is 31.9 Å². The van der Waals surface area contributed by atoms with Gasteiger partial charge in [0.2, 0.25) is 5.91 Å². The fraction of sp³-hybridized carbons (Fsp3) is 0.364. The zero-order valence-electron chi connectivity index (χ0n) is 9.33. The van der Waals surface area contributed by atoms with Crippen molar-refractivity contribution in [2.45, 2.75) is 26.2 Å². The number of amides is 1. The average Bonchev–Trinajstić information content (AvgIpc) is 2.37. The van der Waals surface area contributed by atoms with Crippen LogP contribution in [-0.2, 0) is 10.2 Å². The van der Waals surface area contributed by atoms with Gasteiger partial charge in [0.15, 0.2) is 0 Å². The molecular formula is C11H12N2O3. The van der Waals surface area contributed by atoms with Gasteiger partial charge >= 0.3 is 0 Å². The number of carbonyl (C=O) groups is 1. The van der Waals surface area contributed by atoms with Crippen molar-refractivity contribution in [3.8, 4) is 0 Å². The van der Waals surface area contributed by atoms with E-state index in [1.165, 1.54) is 12.1 Å². The summed E-state index contributed by atoms with van der Waals surface area (Å²) in [5.41, 5.74) is 1.57. The van der Waals surface area contributed by atoms with Gasteiger partial charge in [0.05, 0.1) is 16.0 Å². The number of nitro benzene ring substituents is 1. The third kappa shape index (κ3) is 1.28. The first-order valence-corrected chi connectivity index (χ1v) is 4.95. The summed E-state index contributed by atoms with van der Waals surface area (Å²) in [7, 11) is 0. The molecule has 1 aliphatic rings. The number of benzene rings is 1. The van der Waals surface area contributed by atoms with Gasteiger partial charge in [0.25, 0.3) is 5.69 Å². The van der Waals surface area contributed by atoms with Crippen molar-refractivity contribution in [3.63, 3.8) is 0 Å². The lowest BCUT2D eigenvalue weighted by molar-refractivity contribution is -0.384. The molecule has 0 bridgehead atoms. The van der Waals surface area contributed by atoms with Crippen LogP contribution in [0.5, 0.6) is 0 Å². The lowest BCUT2D eigenvalue weighted by atomic mass is 9.83. The van der Waals surface area contributed by atoms with E-state index in [-0.39, 0.29) is 11.6 Å². The standard InChI is InChI=1S/C11H12N2O3/c1-6-4-7(13(15)16)5-8-9(6)11(2,3)10(14)12-8/h4-5H,1-3H3,(H,12,14). The Hall–Kier alpha value is -1.91. The van der Waals surface area contributed by atoms with Crippen LogP contribution in [0.2, 0.25) is 0 Å². The van der Waals surface area contributed by atoms with Crippen molar-refractivity contribution in [1.82, 2.24) is 0 Å². The maximum atomic E-state index is 11.7. The van der Waals surface area contributed by atoms with Crippen molar-refractivity contribution < 1.29 is 9.72 Å². The molecule has 1 N–H and O–H groups in total. The van der Waals surface area contributed by atoms with E-state index in [1.807, 2.05) is 13.8 Å². The molecule has 1 aromatic rings. The van der Waals surface area contributed by atoms with Crippen molar-refractivity contribution >= 4 is 17.3 Å². The van der Waals surface area contributed by atoms with Gasteiger partial charge in [0.1, 0.15) is 0 Å². The van der Waals surface area contributed by atoms with Crippen molar-refractivity contribution in [3.05, 3.63) is 33.4 Å². The monoisotopic (exact) mass is 220 g/mol. The first-order chi connectivity index (χ1) is 7.34. The van der Waals surface area contributed by atoms with Crippen LogP contribution < -0.4 is 5.32 Å². The third-order valence-electron chi connectivity index (χ3n) is 2.97. The Morgan fingerprint density at radius 3 is 2.56 bits per heavy atom. The predicted octanol–water partition coefficient (Wildman–Crippen LogP) is 2.13. The molecule has 84 valence electrons. The van der Waals surface area contributed by atoms with Crippen LogP contribution in [0.15, 0.2) is 12.1 Å².